The highest BCUT2D eigenvalue weighted by atomic mass is 79.9. The van der Waals surface area contributed by atoms with Gasteiger partial charge in [-0.3, -0.25) is 0 Å². The molecule has 0 atom stereocenters. The van der Waals surface area contributed by atoms with Crippen molar-refractivity contribution in [2.45, 2.75) is 25.8 Å². The van der Waals surface area contributed by atoms with E-state index < -0.39 is 0 Å². The Kier molecular flexibility index (Phi) is 5.06. The molecule has 0 heterocycles. The highest BCUT2D eigenvalue weighted by Gasteiger charge is 2.09. The summed E-state index contributed by atoms with van der Waals surface area (Å²) < 4.78 is 7.12. The van der Waals surface area contributed by atoms with Crippen LogP contribution in [-0.4, -0.2) is 0 Å². The lowest BCUT2D eigenvalue weighted by molar-refractivity contribution is 0.301. The average molecular weight is 384 g/mol. The molecule has 0 bridgehead atoms. The van der Waals surface area contributed by atoms with Crippen molar-refractivity contribution in [2.75, 3.05) is 0 Å². The van der Waals surface area contributed by atoms with Crippen LogP contribution in [0.1, 0.15) is 22.3 Å². The number of hydrogen-bond acceptors (Lipinski definition) is 1. The van der Waals surface area contributed by atoms with Crippen LogP contribution in [0.4, 0.5) is 0 Å². The monoisotopic (exact) mass is 382 g/mol. The van der Waals surface area contributed by atoms with E-state index in [2.05, 4.69) is 70.0 Å². The quantitative estimate of drug-likeness (QED) is 0.629. The van der Waals surface area contributed by atoms with Gasteiger partial charge >= 0.3 is 0 Å². The predicted molar refractivity (Wildman–Crippen MR) is 87.0 cm³/mol. The van der Waals surface area contributed by atoms with Gasteiger partial charge in [0.05, 0.1) is 0 Å². The van der Waals surface area contributed by atoms with Crippen LogP contribution >= 0.6 is 31.9 Å². The van der Waals surface area contributed by atoms with E-state index in [1.165, 1.54) is 16.7 Å². The van der Waals surface area contributed by atoms with E-state index in [0.717, 1.165) is 21.1 Å². The van der Waals surface area contributed by atoms with E-state index in [1.807, 2.05) is 12.1 Å². The SMILES string of the molecule is Cc1ccccc1COc1c(C)cc(Br)cc1CBr. The molecule has 0 saturated heterocycles. The predicted octanol–water partition coefficient (Wildman–Crippen LogP) is 5.54. The zero-order chi connectivity index (χ0) is 13.8. The number of rotatable bonds is 4. The van der Waals surface area contributed by atoms with Crippen LogP contribution in [0, 0.1) is 13.8 Å². The van der Waals surface area contributed by atoms with Crippen LogP contribution in [0.15, 0.2) is 40.9 Å². The van der Waals surface area contributed by atoms with E-state index in [-0.39, 0.29) is 0 Å². The maximum absolute atomic E-state index is 6.03. The molecule has 0 aliphatic carbocycles. The van der Waals surface area contributed by atoms with Crippen LogP contribution in [-0.2, 0) is 11.9 Å². The lowest BCUT2D eigenvalue weighted by Crippen LogP contribution is -2.01. The largest absolute Gasteiger partial charge is 0.488 e. The number of benzene rings is 2. The topological polar surface area (TPSA) is 9.23 Å². The van der Waals surface area contributed by atoms with Gasteiger partial charge in [-0.15, -0.1) is 0 Å². The summed E-state index contributed by atoms with van der Waals surface area (Å²) >= 11 is 7.04. The second kappa shape index (κ2) is 6.58. The van der Waals surface area contributed by atoms with Gasteiger partial charge in [0.2, 0.25) is 0 Å². The minimum atomic E-state index is 0.606. The molecular weight excluding hydrogens is 368 g/mol. The molecule has 0 aliphatic heterocycles. The fourth-order valence-electron chi connectivity index (χ4n) is 2.03. The van der Waals surface area contributed by atoms with E-state index in [9.17, 15) is 0 Å². The van der Waals surface area contributed by atoms with Crippen molar-refractivity contribution in [3.8, 4) is 5.75 Å². The van der Waals surface area contributed by atoms with Gasteiger partial charge in [0, 0.05) is 15.4 Å². The van der Waals surface area contributed by atoms with E-state index in [1.54, 1.807) is 0 Å². The molecule has 0 aliphatic rings. The van der Waals surface area contributed by atoms with Gasteiger partial charge in [-0.05, 0) is 42.7 Å². The summed E-state index contributed by atoms with van der Waals surface area (Å²) in [5.41, 5.74) is 4.81. The molecule has 0 spiro atoms. The molecule has 0 amide bonds. The number of hydrogen-bond donors (Lipinski definition) is 0. The van der Waals surface area contributed by atoms with Gasteiger partial charge in [0.15, 0.2) is 0 Å². The van der Waals surface area contributed by atoms with E-state index in [4.69, 9.17) is 4.74 Å². The molecule has 0 saturated carbocycles. The fraction of sp³-hybridized carbons (Fsp3) is 0.250. The molecule has 0 fully saturated rings. The second-order valence-electron chi connectivity index (χ2n) is 4.56. The summed E-state index contributed by atoms with van der Waals surface area (Å²) in [7, 11) is 0. The van der Waals surface area contributed by atoms with Crippen LogP contribution < -0.4 is 4.74 Å². The van der Waals surface area contributed by atoms with Gasteiger partial charge in [-0.2, -0.15) is 0 Å². The molecule has 3 heteroatoms. The molecule has 0 aromatic heterocycles. The summed E-state index contributed by atoms with van der Waals surface area (Å²) in [6, 6.07) is 12.5. The zero-order valence-electron chi connectivity index (χ0n) is 11.0. The molecule has 2 aromatic rings. The van der Waals surface area contributed by atoms with Crippen molar-refractivity contribution >= 4 is 31.9 Å². The Morgan fingerprint density at radius 3 is 2.42 bits per heavy atom. The maximum atomic E-state index is 6.03. The first kappa shape index (κ1) is 14.6. The van der Waals surface area contributed by atoms with Crippen molar-refractivity contribution in [1.82, 2.24) is 0 Å². The standard InChI is InChI=1S/C16H16Br2O/c1-11-5-3-4-6-13(11)10-19-16-12(2)7-15(18)8-14(16)9-17/h3-8H,9-10H2,1-2H3. The molecule has 0 radical (unpaired) electrons. The third kappa shape index (κ3) is 3.61. The first-order valence-corrected chi connectivity index (χ1v) is 8.05. The lowest BCUT2D eigenvalue weighted by atomic mass is 10.1. The Labute approximate surface area is 131 Å². The van der Waals surface area contributed by atoms with Crippen LogP contribution in [0.3, 0.4) is 0 Å². The Hall–Kier alpha value is -0.800. The average Bonchev–Trinajstić information content (AvgIpc) is 2.38. The summed E-state index contributed by atoms with van der Waals surface area (Å²) in [6.45, 7) is 4.79. The summed E-state index contributed by atoms with van der Waals surface area (Å²) in [5, 5.41) is 0.788. The van der Waals surface area contributed by atoms with Crippen LogP contribution in [0.5, 0.6) is 5.75 Å². The summed E-state index contributed by atoms with van der Waals surface area (Å²) in [5.74, 6) is 0.975. The highest BCUT2D eigenvalue weighted by Crippen LogP contribution is 2.30. The molecular formula is C16H16Br2O. The fourth-order valence-corrected chi connectivity index (χ4v) is 3.06. The van der Waals surface area contributed by atoms with Gasteiger partial charge in [-0.1, -0.05) is 56.1 Å². The molecule has 1 nitrogen and oxygen atoms in total. The molecule has 0 N–H and O–H groups in total. The first-order chi connectivity index (χ1) is 9.11. The van der Waals surface area contributed by atoms with E-state index in [0.29, 0.717) is 6.61 Å². The normalized spacial score (nSPS) is 10.5. The van der Waals surface area contributed by atoms with Crippen molar-refractivity contribution in [1.29, 1.82) is 0 Å². The second-order valence-corrected chi connectivity index (χ2v) is 6.04. The Balaban J connectivity index is 2.22. The minimum Gasteiger partial charge on any atom is -0.488 e. The first-order valence-electron chi connectivity index (χ1n) is 6.14. The molecule has 0 unspecified atom stereocenters. The Morgan fingerprint density at radius 1 is 1.00 bits per heavy atom. The van der Waals surface area contributed by atoms with Crippen molar-refractivity contribution < 1.29 is 4.74 Å². The highest BCUT2D eigenvalue weighted by molar-refractivity contribution is 9.10. The molecule has 19 heavy (non-hydrogen) atoms. The molecule has 2 rings (SSSR count). The number of aryl methyl sites for hydroxylation is 2. The smallest absolute Gasteiger partial charge is 0.126 e. The number of halogens is 2. The van der Waals surface area contributed by atoms with Crippen LogP contribution in [0.25, 0.3) is 0 Å². The molecule has 100 valence electrons. The zero-order valence-corrected chi connectivity index (χ0v) is 14.2. The van der Waals surface area contributed by atoms with Gasteiger partial charge in [-0.25, -0.2) is 0 Å². The summed E-state index contributed by atoms with van der Waals surface area (Å²) in [4.78, 5) is 0. The number of alkyl halides is 1. The Morgan fingerprint density at radius 2 is 1.74 bits per heavy atom. The van der Waals surface area contributed by atoms with Crippen molar-refractivity contribution in [2.24, 2.45) is 0 Å². The third-order valence-electron chi connectivity index (χ3n) is 3.09. The van der Waals surface area contributed by atoms with Crippen LogP contribution in [0.2, 0.25) is 0 Å². The van der Waals surface area contributed by atoms with Gasteiger partial charge in [0.1, 0.15) is 12.4 Å². The summed E-state index contributed by atoms with van der Waals surface area (Å²) in [6.07, 6.45) is 0. The van der Waals surface area contributed by atoms with E-state index >= 15 is 0 Å². The Bertz CT molecular complexity index is 579. The van der Waals surface area contributed by atoms with Gasteiger partial charge in [0.25, 0.3) is 0 Å². The number of ether oxygens (including phenoxy) is 1. The van der Waals surface area contributed by atoms with Crippen molar-refractivity contribution in [3.63, 3.8) is 0 Å². The lowest BCUT2D eigenvalue weighted by Gasteiger charge is -2.14. The minimum absolute atomic E-state index is 0.606. The molecule has 2 aromatic carbocycles. The third-order valence-corrected chi connectivity index (χ3v) is 4.16. The van der Waals surface area contributed by atoms with Gasteiger partial charge < -0.3 is 4.74 Å². The van der Waals surface area contributed by atoms with Crippen molar-refractivity contribution in [3.05, 3.63) is 63.1 Å². The maximum Gasteiger partial charge on any atom is 0.126 e.